The van der Waals surface area contributed by atoms with Crippen molar-refractivity contribution in [3.8, 4) is 0 Å². The van der Waals surface area contributed by atoms with Crippen LogP contribution in [0.5, 0.6) is 0 Å². The molecule has 12 heavy (non-hydrogen) atoms. The van der Waals surface area contributed by atoms with Crippen LogP contribution in [0.15, 0.2) is 16.7 Å². The summed E-state index contributed by atoms with van der Waals surface area (Å²) in [4.78, 5) is 14.9. The van der Waals surface area contributed by atoms with E-state index in [1.54, 1.807) is 6.07 Å². The molecule has 1 aromatic rings. The number of nitrogens with zero attached hydrogens (tertiary/aromatic N) is 1. The number of halogens is 3. The lowest BCUT2D eigenvalue weighted by Gasteiger charge is -1.99. The van der Waals surface area contributed by atoms with Crippen molar-refractivity contribution in [3.63, 3.8) is 0 Å². The first-order chi connectivity index (χ1) is 5.65. The number of aromatic nitrogens is 1. The van der Waals surface area contributed by atoms with Gasteiger partial charge in [-0.2, -0.15) is 0 Å². The molecule has 0 aliphatic heterocycles. The minimum atomic E-state index is -0.222. The average Bonchev–Trinajstić information content (AvgIpc) is 2.03. The minimum absolute atomic E-state index is 0.0762. The Balaban J connectivity index is 3.09. The van der Waals surface area contributed by atoms with Gasteiger partial charge in [0, 0.05) is 10.7 Å². The van der Waals surface area contributed by atoms with Crippen LogP contribution in [0.3, 0.4) is 0 Å². The Labute approximate surface area is 88.0 Å². The zero-order chi connectivity index (χ0) is 9.14. The SMILES string of the molecule is O=C(CCl)c1ncc(Cl)cc1Br. The second-order valence-electron chi connectivity index (χ2n) is 2.04. The van der Waals surface area contributed by atoms with E-state index in [-0.39, 0.29) is 11.7 Å². The van der Waals surface area contributed by atoms with Gasteiger partial charge in [0.15, 0.2) is 5.78 Å². The number of rotatable bonds is 2. The summed E-state index contributed by atoms with van der Waals surface area (Å²) in [5, 5.41) is 0.480. The van der Waals surface area contributed by atoms with Gasteiger partial charge in [0.05, 0.1) is 10.9 Å². The molecule has 0 N–H and O–H groups in total. The minimum Gasteiger partial charge on any atom is -0.291 e. The quantitative estimate of drug-likeness (QED) is 0.610. The third-order valence-electron chi connectivity index (χ3n) is 1.19. The van der Waals surface area contributed by atoms with Crippen LogP contribution in [0.2, 0.25) is 5.02 Å². The first kappa shape index (κ1) is 9.96. The van der Waals surface area contributed by atoms with Gasteiger partial charge in [-0.05, 0) is 22.0 Å². The first-order valence-electron chi connectivity index (χ1n) is 3.05. The van der Waals surface area contributed by atoms with E-state index in [2.05, 4.69) is 20.9 Å². The summed E-state index contributed by atoms with van der Waals surface area (Å²) in [6.45, 7) is 0. The molecule has 1 rings (SSSR count). The number of pyridine rings is 1. The van der Waals surface area contributed by atoms with E-state index in [0.29, 0.717) is 15.2 Å². The molecule has 0 radical (unpaired) electrons. The van der Waals surface area contributed by atoms with Crippen molar-refractivity contribution in [1.29, 1.82) is 0 Å². The predicted octanol–water partition coefficient (Wildman–Crippen LogP) is 2.92. The molecule has 64 valence electrons. The normalized spacial score (nSPS) is 9.92. The van der Waals surface area contributed by atoms with Crippen LogP contribution in [0.1, 0.15) is 10.5 Å². The fourth-order valence-corrected chi connectivity index (χ4v) is 1.67. The van der Waals surface area contributed by atoms with Gasteiger partial charge in [-0.25, -0.2) is 0 Å². The molecule has 1 aromatic heterocycles. The number of ketones is 1. The Bertz CT molecular complexity index is 316. The Morgan fingerprint density at radius 1 is 1.67 bits per heavy atom. The Morgan fingerprint density at radius 2 is 2.33 bits per heavy atom. The van der Waals surface area contributed by atoms with Gasteiger partial charge in [0.2, 0.25) is 0 Å². The van der Waals surface area contributed by atoms with E-state index in [1.807, 2.05) is 0 Å². The molecular formula is C7H4BrCl2NO. The summed E-state index contributed by atoms with van der Waals surface area (Å²) < 4.78 is 0.570. The predicted molar refractivity (Wildman–Crippen MR) is 52.0 cm³/mol. The second kappa shape index (κ2) is 4.21. The molecule has 0 saturated carbocycles. The fourth-order valence-electron chi connectivity index (χ4n) is 0.683. The smallest absolute Gasteiger partial charge is 0.197 e. The number of hydrogen-bond donors (Lipinski definition) is 0. The monoisotopic (exact) mass is 267 g/mol. The maximum Gasteiger partial charge on any atom is 0.197 e. The second-order valence-corrected chi connectivity index (χ2v) is 3.60. The molecule has 0 aliphatic rings. The van der Waals surface area contributed by atoms with E-state index >= 15 is 0 Å². The average molecular weight is 269 g/mol. The molecule has 0 aliphatic carbocycles. The number of carbonyl (C=O) groups excluding carboxylic acids is 1. The van der Waals surface area contributed by atoms with Crippen molar-refractivity contribution in [2.75, 3.05) is 5.88 Å². The van der Waals surface area contributed by atoms with Crippen molar-refractivity contribution in [2.24, 2.45) is 0 Å². The molecule has 0 bridgehead atoms. The number of alkyl halides is 1. The number of carbonyl (C=O) groups is 1. The molecular weight excluding hydrogens is 265 g/mol. The molecule has 0 amide bonds. The lowest BCUT2D eigenvalue weighted by molar-refractivity contribution is 0.101. The highest BCUT2D eigenvalue weighted by Crippen LogP contribution is 2.19. The number of hydrogen-bond acceptors (Lipinski definition) is 2. The Kier molecular flexibility index (Phi) is 3.50. The molecule has 0 saturated heterocycles. The summed E-state index contributed by atoms with van der Waals surface area (Å²) in [7, 11) is 0. The first-order valence-corrected chi connectivity index (χ1v) is 4.76. The van der Waals surface area contributed by atoms with Gasteiger partial charge in [-0.3, -0.25) is 9.78 Å². The van der Waals surface area contributed by atoms with Crippen molar-refractivity contribution >= 4 is 44.9 Å². The standard InChI is InChI=1S/C7H4BrCl2NO/c8-5-1-4(10)3-11-7(5)6(12)2-9/h1,3H,2H2. The highest BCUT2D eigenvalue weighted by atomic mass is 79.9. The van der Waals surface area contributed by atoms with Crippen LogP contribution < -0.4 is 0 Å². The van der Waals surface area contributed by atoms with Crippen LogP contribution in [0.4, 0.5) is 0 Å². The van der Waals surface area contributed by atoms with E-state index in [0.717, 1.165) is 0 Å². The van der Waals surface area contributed by atoms with Gasteiger partial charge in [-0.1, -0.05) is 11.6 Å². The summed E-state index contributed by atoms with van der Waals surface area (Å²) in [6, 6.07) is 1.61. The van der Waals surface area contributed by atoms with Gasteiger partial charge in [-0.15, -0.1) is 11.6 Å². The fraction of sp³-hybridized carbons (Fsp3) is 0.143. The van der Waals surface area contributed by atoms with E-state index < -0.39 is 0 Å². The van der Waals surface area contributed by atoms with Gasteiger partial charge in [0.1, 0.15) is 5.69 Å². The van der Waals surface area contributed by atoms with Crippen LogP contribution >= 0.6 is 39.1 Å². The van der Waals surface area contributed by atoms with Crippen LogP contribution in [-0.2, 0) is 0 Å². The van der Waals surface area contributed by atoms with Crippen LogP contribution in [0.25, 0.3) is 0 Å². The third kappa shape index (κ3) is 2.19. The summed E-state index contributed by atoms with van der Waals surface area (Å²) in [6.07, 6.45) is 1.41. The molecule has 0 fully saturated rings. The lowest BCUT2D eigenvalue weighted by Crippen LogP contribution is -2.04. The van der Waals surface area contributed by atoms with Crippen molar-refractivity contribution in [1.82, 2.24) is 4.98 Å². The molecule has 0 aromatic carbocycles. The number of Topliss-reactive ketones (excluding diaryl/α,β-unsaturated/α-hetero) is 1. The zero-order valence-electron chi connectivity index (χ0n) is 5.85. The van der Waals surface area contributed by atoms with E-state index in [1.165, 1.54) is 6.20 Å². The molecule has 1 heterocycles. The lowest BCUT2D eigenvalue weighted by atomic mass is 10.3. The van der Waals surface area contributed by atoms with E-state index in [4.69, 9.17) is 23.2 Å². The van der Waals surface area contributed by atoms with Crippen LogP contribution in [-0.4, -0.2) is 16.6 Å². The summed E-state index contributed by atoms with van der Waals surface area (Å²) >= 11 is 14.1. The van der Waals surface area contributed by atoms with Crippen LogP contribution in [0, 0.1) is 0 Å². The molecule has 2 nitrogen and oxygen atoms in total. The summed E-state index contributed by atoms with van der Waals surface area (Å²) in [5.74, 6) is -0.298. The van der Waals surface area contributed by atoms with E-state index in [9.17, 15) is 4.79 Å². The zero-order valence-corrected chi connectivity index (χ0v) is 8.95. The van der Waals surface area contributed by atoms with Crippen molar-refractivity contribution in [3.05, 3.63) is 27.5 Å². The molecule has 0 unspecified atom stereocenters. The van der Waals surface area contributed by atoms with Gasteiger partial charge < -0.3 is 0 Å². The molecule has 0 atom stereocenters. The highest BCUT2D eigenvalue weighted by Gasteiger charge is 2.10. The molecule has 0 spiro atoms. The van der Waals surface area contributed by atoms with Crippen molar-refractivity contribution in [2.45, 2.75) is 0 Å². The van der Waals surface area contributed by atoms with Gasteiger partial charge >= 0.3 is 0 Å². The van der Waals surface area contributed by atoms with Gasteiger partial charge in [0.25, 0.3) is 0 Å². The third-order valence-corrected chi connectivity index (χ3v) is 2.25. The topological polar surface area (TPSA) is 30.0 Å². The summed E-state index contributed by atoms with van der Waals surface area (Å²) in [5.41, 5.74) is 0.314. The Hall–Kier alpha value is -0.120. The largest absolute Gasteiger partial charge is 0.291 e. The maximum absolute atomic E-state index is 11.1. The maximum atomic E-state index is 11.1. The molecule has 5 heteroatoms. The Morgan fingerprint density at radius 3 is 2.83 bits per heavy atom. The van der Waals surface area contributed by atoms with Crippen molar-refractivity contribution < 1.29 is 4.79 Å². The highest BCUT2D eigenvalue weighted by molar-refractivity contribution is 9.10.